The van der Waals surface area contributed by atoms with Crippen LogP contribution in [0.5, 0.6) is 0 Å². The van der Waals surface area contributed by atoms with Crippen LogP contribution in [-0.4, -0.2) is 52.9 Å². The predicted molar refractivity (Wildman–Crippen MR) is 76.4 cm³/mol. The van der Waals surface area contributed by atoms with Crippen LogP contribution in [0.3, 0.4) is 0 Å². The number of aliphatic hydroxyl groups excluding tert-OH is 1. The van der Waals surface area contributed by atoms with Crippen LogP contribution in [0.2, 0.25) is 0 Å². The van der Waals surface area contributed by atoms with Gasteiger partial charge in [-0.25, -0.2) is 4.79 Å². The van der Waals surface area contributed by atoms with Crippen LogP contribution in [0.15, 0.2) is 24.3 Å². The number of amides is 2. The number of aliphatic carboxylic acids is 1. The third-order valence-electron chi connectivity index (χ3n) is 4.33. The molecule has 6 nitrogen and oxygen atoms in total. The molecule has 2 N–H and O–H groups in total. The van der Waals surface area contributed by atoms with E-state index >= 15 is 0 Å². The SMILES string of the molecule is O=C(O)C1CN(C(=O)N2CCCC2CO)c2ccccc21. The molecule has 6 heteroatoms. The Morgan fingerprint density at radius 2 is 2.05 bits per heavy atom. The summed E-state index contributed by atoms with van der Waals surface area (Å²) in [5.74, 6) is -1.60. The maximum absolute atomic E-state index is 12.7. The summed E-state index contributed by atoms with van der Waals surface area (Å²) >= 11 is 0. The summed E-state index contributed by atoms with van der Waals surface area (Å²) in [5, 5.41) is 18.7. The quantitative estimate of drug-likeness (QED) is 0.859. The molecule has 0 bridgehead atoms. The number of likely N-dealkylation sites (tertiary alicyclic amines) is 1. The number of nitrogens with zero attached hydrogens (tertiary/aromatic N) is 2. The second-order valence-corrected chi connectivity index (χ2v) is 5.51. The van der Waals surface area contributed by atoms with E-state index < -0.39 is 11.9 Å². The number of para-hydroxylation sites is 1. The van der Waals surface area contributed by atoms with Crippen molar-refractivity contribution in [1.82, 2.24) is 4.90 Å². The van der Waals surface area contributed by atoms with E-state index in [1.165, 1.54) is 4.90 Å². The van der Waals surface area contributed by atoms with Gasteiger partial charge in [0.1, 0.15) is 5.92 Å². The number of rotatable bonds is 2. The molecule has 2 heterocycles. The van der Waals surface area contributed by atoms with E-state index in [2.05, 4.69) is 0 Å². The van der Waals surface area contributed by atoms with Crippen LogP contribution >= 0.6 is 0 Å². The van der Waals surface area contributed by atoms with Gasteiger partial charge in [-0.05, 0) is 24.5 Å². The van der Waals surface area contributed by atoms with Gasteiger partial charge in [0.05, 0.1) is 12.6 Å². The standard InChI is InChI=1S/C15H18N2O4/c18-9-10-4-3-7-16(10)15(21)17-8-12(14(19)20)11-5-1-2-6-13(11)17/h1-2,5-6,10,12,18H,3-4,7-9H2,(H,19,20). The molecule has 1 saturated heterocycles. The summed E-state index contributed by atoms with van der Waals surface area (Å²) < 4.78 is 0. The summed E-state index contributed by atoms with van der Waals surface area (Å²) in [7, 11) is 0. The highest BCUT2D eigenvalue weighted by Crippen LogP contribution is 2.37. The Hall–Kier alpha value is -2.08. The molecule has 0 aliphatic carbocycles. The van der Waals surface area contributed by atoms with E-state index in [1.807, 2.05) is 0 Å². The van der Waals surface area contributed by atoms with E-state index in [0.717, 1.165) is 12.8 Å². The number of carboxylic acid groups (broad SMARTS) is 1. The molecule has 0 aromatic heterocycles. The van der Waals surface area contributed by atoms with Crippen molar-refractivity contribution < 1.29 is 19.8 Å². The van der Waals surface area contributed by atoms with E-state index in [-0.39, 0.29) is 25.2 Å². The largest absolute Gasteiger partial charge is 0.481 e. The Morgan fingerprint density at radius 1 is 1.29 bits per heavy atom. The first kappa shape index (κ1) is 13.9. The summed E-state index contributed by atoms with van der Waals surface area (Å²) in [6.45, 7) is 0.714. The lowest BCUT2D eigenvalue weighted by atomic mass is 10.0. The lowest BCUT2D eigenvalue weighted by Crippen LogP contribution is -2.46. The first-order chi connectivity index (χ1) is 10.1. The molecule has 3 rings (SSSR count). The number of urea groups is 1. The minimum atomic E-state index is -0.919. The minimum absolute atomic E-state index is 0.0520. The first-order valence-corrected chi connectivity index (χ1v) is 7.14. The minimum Gasteiger partial charge on any atom is -0.481 e. The maximum Gasteiger partial charge on any atom is 0.324 e. The van der Waals surface area contributed by atoms with Gasteiger partial charge in [-0.3, -0.25) is 9.69 Å². The molecule has 1 fully saturated rings. The lowest BCUT2D eigenvalue weighted by Gasteiger charge is -2.29. The molecule has 2 atom stereocenters. The molecule has 1 aromatic carbocycles. The van der Waals surface area contributed by atoms with Crippen molar-refractivity contribution in [2.75, 3.05) is 24.6 Å². The zero-order chi connectivity index (χ0) is 15.0. The molecule has 2 unspecified atom stereocenters. The Morgan fingerprint density at radius 3 is 2.76 bits per heavy atom. The van der Waals surface area contributed by atoms with Crippen molar-refractivity contribution in [3.8, 4) is 0 Å². The molecule has 21 heavy (non-hydrogen) atoms. The van der Waals surface area contributed by atoms with E-state index in [1.54, 1.807) is 29.2 Å². The summed E-state index contributed by atoms with van der Waals surface area (Å²) in [6, 6.07) is 6.76. The molecule has 0 saturated carbocycles. The molecule has 1 aromatic rings. The van der Waals surface area contributed by atoms with Crippen molar-refractivity contribution in [3.05, 3.63) is 29.8 Å². The average molecular weight is 290 g/mol. The summed E-state index contributed by atoms with van der Waals surface area (Å²) in [6.07, 6.45) is 1.66. The molecule has 0 spiro atoms. The van der Waals surface area contributed by atoms with Crippen molar-refractivity contribution in [3.63, 3.8) is 0 Å². The number of carbonyl (C=O) groups is 2. The van der Waals surface area contributed by atoms with Crippen LogP contribution in [0, 0.1) is 0 Å². The first-order valence-electron chi connectivity index (χ1n) is 7.14. The number of carboxylic acids is 1. The fraction of sp³-hybridized carbons (Fsp3) is 0.467. The fourth-order valence-electron chi connectivity index (χ4n) is 3.23. The number of carbonyl (C=O) groups excluding carboxylic acids is 1. The van der Waals surface area contributed by atoms with Crippen molar-refractivity contribution >= 4 is 17.7 Å². The lowest BCUT2D eigenvalue weighted by molar-refractivity contribution is -0.138. The molecule has 112 valence electrons. The van der Waals surface area contributed by atoms with Gasteiger partial charge in [-0.15, -0.1) is 0 Å². The van der Waals surface area contributed by atoms with Gasteiger partial charge in [0, 0.05) is 18.8 Å². The second-order valence-electron chi connectivity index (χ2n) is 5.51. The van der Waals surface area contributed by atoms with Crippen molar-refractivity contribution in [1.29, 1.82) is 0 Å². The highest BCUT2D eigenvalue weighted by Gasteiger charge is 2.40. The number of aliphatic hydroxyl groups is 1. The van der Waals surface area contributed by atoms with Crippen LogP contribution in [0.25, 0.3) is 0 Å². The maximum atomic E-state index is 12.7. The smallest absolute Gasteiger partial charge is 0.324 e. The zero-order valence-corrected chi connectivity index (χ0v) is 11.6. The average Bonchev–Trinajstić information content (AvgIpc) is 3.11. The monoisotopic (exact) mass is 290 g/mol. The highest BCUT2D eigenvalue weighted by atomic mass is 16.4. The van der Waals surface area contributed by atoms with Crippen molar-refractivity contribution in [2.24, 2.45) is 0 Å². The Labute approximate surface area is 122 Å². The predicted octanol–water partition coefficient (Wildman–Crippen LogP) is 1.25. The van der Waals surface area contributed by atoms with E-state index in [0.29, 0.717) is 17.8 Å². The normalized spacial score (nSPS) is 24.2. The van der Waals surface area contributed by atoms with Gasteiger partial charge in [0.15, 0.2) is 0 Å². The van der Waals surface area contributed by atoms with Gasteiger partial charge >= 0.3 is 12.0 Å². The van der Waals surface area contributed by atoms with E-state index in [9.17, 15) is 19.8 Å². The molecule has 2 amide bonds. The molecule has 2 aliphatic heterocycles. The summed E-state index contributed by atoms with van der Waals surface area (Å²) in [4.78, 5) is 27.3. The van der Waals surface area contributed by atoms with Gasteiger partial charge in [0.25, 0.3) is 0 Å². The number of benzene rings is 1. The van der Waals surface area contributed by atoms with Crippen LogP contribution < -0.4 is 4.90 Å². The number of fused-ring (bicyclic) bond motifs is 1. The van der Waals surface area contributed by atoms with Gasteiger partial charge in [-0.2, -0.15) is 0 Å². The van der Waals surface area contributed by atoms with Crippen LogP contribution in [0.1, 0.15) is 24.3 Å². The third kappa shape index (κ3) is 2.25. The Balaban J connectivity index is 1.90. The Kier molecular flexibility index (Phi) is 3.55. The van der Waals surface area contributed by atoms with Gasteiger partial charge in [0.2, 0.25) is 0 Å². The number of anilines is 1. The van der Waals surface area contributed by atoms with Crippen LogP contribution in [-0.2, 0) is 4.79 Å². The summed E-state index contributed by atoms with van der Waals surface area (Å²) in [5.41, 5.74) is 1.34. The van der Waals surface area contributed by atoms with Gasteiger partial charge in [-0.1, -0.05) is 18.2 Å². The third-order valence-corrected chi connectivity index (χ3v) is 4.33. The Bertz CT molecular complexity index is 575. The number of hydrogen-bond donors (Lipinski definition) is 2. The second kappa shape index (κ2) is 5.37. The molecular formula is C15H18N2O4. The highest BCUT2D eigenvalue weighted by molar-refractivity contribution is 5.98. The molecular weight excluding hydrogens is 272 g/mol. The molecule has 2 aliphatic rings. The molecule has 0 radical (unpaired) electrons. The van der Waals surface area contributed by atoms with Gasteiger partial charge < -0.3 is 15.1 Å². The van der Waals surface area contributed by atoms with Crippen molar-refractivity contribution in [2.45, 2.75) is 24.8 Å². The van der Waals surface area contributed by atoms with E-state index in [4.69, 9.17) is 0 Å². The number of hydrogen-bond acceptors (Lipinski definition) is 3. The topological polar surface area (TPSA) is 81.1 Å². The zero-order valence-electron chi connectivity index (χ0n) is 11.6. The fourth-order valence-corrected chi connectivity index (χ4v) is 3.23. The van der Waals surface area contributed by atoms with Crippen LogP contribution in [0.4, 0.5) is 10.5 Å².